The van der Waals surface area contributed by atoms with E-state index in [1.807, 2.05) is 0 Å². The van der Waals surface area contributed by atoms with Crippen molar-refractivity contribution < 1.29 is 0 Å². The average Bonchev–Trinajstić information content (AvgIpc) is 2.47. The zero-order valence-electron chi connectivity index (χ0n) is 12.6. The van der Waals surface area contributed by atoms with Gasteiger partial charge in [-0.15, -0.1) is 0 Å². The molecule has 0 aliphatic rings. The highest BCUT2D eigenvalue weighted by Crippen LogP contribution is 2.28. The van der Waals surface area contributed by atoms with E-state index in [0.29, 0.717) is 12.0 Å². The molecule has 0 aromatic heterocycles. The van der Waals surface area contributed by atoms with Crippen LogP contribution < -0.4 is 5.32 Å². The van der Waals surface area contributed by atoms with Crippen molar-refractivity contribution in [3.8, 4) is 0 Å². The molecule has 0 bridgehead atoms. The Hall–Kier alpha value is -0.860. The van der Waals surface area contributed by atoms with Gasteiger partial charge in [-0.05, 0) is 53.4 Å². The second-order valence-electron chi connectivity index (χ2n) is 5.57. The van der Waals surface area contributed by atoms with Gasteiger partial charge in [0.25, 0.3) is 0 Å². The van der Waals surface area contributed by atoms with Crippen molar-refractivity contribution in [3.05, 3.63) is 46.4 Å². The van der Waals surface area contributed by atoms with Crippen molar-refractivity contribution in [2.75, 3.05) is 6.54 Å². The highest BCUT2D eigenvalue weighted by atomic mass is 79.9. The van der Waals surface area contributed by atoms with Crippen molar-refractivity contribution in [2.45, 2.75) is 39.7 Å². The van der Waals surface area contributed by atoms with E-state index < -0.39 is 0 Å². The number of nitrogens with one attached hydrogen (secondary N) is 1. The Bertz CT molecular complexity index is 564. The van der Waals surface area contributed by atoms with Crippen LogP contribution in [0.15, 0.2) is 40.9 Å². The summed E-state index contributed by atoms with van der Waals surface area (Å²) in [5, 5.41) is 6.31. The zero-order chi connectivity index (χ0) is 14.5. The predicted octanol–water partition coefficient (Wildman–Crippen LogP) is 5.69. The third-order valence-electron chi connectivity index (χ3n) is 4.01. The fraction of sp³-hybridized carbons (Fsp3) is 0.444. The Labute approximate surface area is 130 Å². The van der Waals surface area contributed by atoms with Gasteiger partial charge in [0.1, 0.15) is 0 Å². The lowest BCUT2D eigenvalue weighted by Gasteiger charge is -2.25. The summed E-state index contributed by atoms with van der Waals surface area (Å²) in [7, 11) is 0. The lowest BCUT2D eigenvalue weighted by atomic mass is 9.91. The van der Waals surface area contributed by atoms with Crippen LogP contribution in [0.5, 0.6) is 0 Å². The Morgan fingerprint density at radius 2 is 1.75 bits per heavy atom. The number of hydrogen-bond donors (Lipinski definition) is 1. The first-order chi connectivity index (χ1) is 9.65. The summed E-state index contributed by atoms with van der Waals surface area (Å²) in [5.41, 5.74) is 1.41. The van der Waals surface area contributed by atoms with Gasteiger partial charge < -0.3 is 5.32 Å². The minimum Gasteiger partial charge on any atom is -0.310 e. The molecule has 2 atom stereocenters. The van der Waals surface area contributed by atoms with E-state index in [9.17, 15) is 0 Å². The van der Waals surface area contributed by atoms with Gasteiger partial charge in [-0.1, -0.05) is 61.3 Å². The number of benzene rings is 2. The molecule has 108 valence electrons. The Morgan fingerprint density at radius 3 is 2.45 bits per heavy atom. The Morgan fingerprint density at radius 1 is 1.05 bits per heavy atom. The van der Waals surface area contributed by atoms with Crippen LogP contribution in [0.3, 0.4) is 0 Å². The van der Waals surface area contributed by atoms with E-state index in [2.05, 4.69) is 78.4 Å². The highest BCUT2D eigenvalue weighted by molar-refractivity contribution is 9.10. The molecular weight excluding hydrogens is 310 g/mol. The smallest absolute Gasteiger partial charge is 0.0346 e. The molecule has 0 radical (unpaired) electrons. The summed E-state index contributed by atoms with van der Waals surface area (Å²) in [4.78, 5) is 0. The van der Waals surface area contributed by atoms with Gasteiger partial charge >= 0.3 is 0 Å². The van der Waals surface area contributed by atoms with Crippen molar-refractivity contribution in [3.63, 3.8) is 0 Å². The summed E-state index contributed by atoms with van der Waals surface area (Å²) in [5.74, 6) is 0.648. The standard InChI is InChI=1S/C18H24BrN/c1-4-10-20-18(13(3)5-2)16-7-6-15-12-17(19)9-8-14(15)11-16/h6-9,11-13,18,20H,4-5,10H2,1-3H3. The molecule has 1 N–H and O–H groups in total. The van der Waals surface area contributed by atoms with Crippen molar-refractivity contribution >= 4 is 26.7 Å². The summed E-state index contributed by atoms with van der Waals surface area (Å²) in [6, 6.07) is 13.8. The molecule has 2 rings (SSSR count). The molecule has 0 amide bonds. The molecule has 0 spiro atoms. The van der Waals surface area contributed by atoms with Crippen LogP contribution in [0.1, 0.15) is 45.2 Å². The molecule has 0 aliphatic heterocycles. The Balaban J connectivity index is 2.34. The summed E-state index contributed by atoms with van der Waals surface area (Å²) in [6.45, 7) is 7.90. The maximum absolute atomic E-state index is 3.70. The van der Waals surface area contributed by atoms with Gasteiger partial charge in [-0.3, -0.25) is 0 Å². The quantitative estimate of drug-likeness (QED) is 0.716. The lowest BCUT2D eigenvalue weighted by molar-refractivity contribution is 0.377. The lowest BCUT2D eigenvalue weighted by Crippen LogP contribution is -2.27. The van der Waals surface area contributed by atoms with Crippen LogP contribution >= 0.6 is 15.9 Å². The van der Waals surface area contributed by atoms with Crippen molar-refractivity contribution in [1.82, 2.24) is 5.32 Å². The maximum Gasteiger partial charge on any atom is 0.0346 e. The van der Waals surface area contributed by atoms with Crippen LogP contribution in [0.2, 0.25) is 0 Å². The third-order valence-corrected chi connectivity index (χ3v) is 4.51. The molecule has 2 heteroatoms. The van der Waals surface area contributed by atoms with Gasteiger partial charge in [0, 0.05) is 10.5 Å². The SMILES string of the molecule is CCCNC(c1ccc2cc(Br)ccc2c1)C(C)CC. The first-order valence-electron chi connectivity index (χ1n) is 7.58. The summed E-state index contributed by atoms with van der Waals surface area (Å²) >= 11 is 3.54. The average molecular weight is 334 g/mol. The zero-order valence-corrected chi connectivity index (χ0v) is 14.2. The van der Waals surface area contributed by atoms with Gasteiger partial charge in [0.05, 0.1) is 0 Å². The molecule has 2 unspecified atom stereocenters. The Kier molecular flexibility index (Phi) is 5.62. The first-order valence-corrected chi connectivity index (χ1v) is 8.37. The van der Waals surface area contributed by atoms with Crippen LogP contribution in [-0.2, 0) is 0 Å². The minimum atomic E-state index is 0.452. The van der Waals surface area contributed by atoms with Crippen LogP contribution in [-0.4, -0.2) is 6.54 Å². The fourth-order valence-corrected chi connectivity index (χ4v) is 2.99. The van der Waals surface area contributed by atoms with Crippen molar-refractivity contribution in [2.24, 2.45) is 5.92 Å². The topological polar surface area (TPSA) is 12.0 Å². The predicted molar refractivity (Wildman–Crippen MR) is 92.1 cm³/mol. The van der Waals surface area contributed by atoms with Crippen molar-refractivity contribution in [1.29, 1.82) is 0 Å². The highest BCUT2D eigenvalue weighted by Gasteiger charge is 2.17. The second-order valence-corrected chi connectivity index (χ2v) is 6.48. The van der Waals surface area contributed by atoms with Gasteiger partial charge in [-0.25, -0.2) is 0 Å². The van der Waals surface area contributed by atoms with Gasteiger partial charge in [0.2, 0.25) is 0 Å². The summed E-state index contributed by atoms with van der Waals surface area (Å²) < 4.78 is 1.14. The molecule has 0 heterocycles. The molecule has 1 nitrogen and oxygen atoms in total. The number of halogens is 1. The molecule has 0 saturated carbocycles. The van der Waals surface area contributed by atoms with E-state index in [1.54, 1.807) is 0 Å². The fourth-order valence-electron chi connectivity index (χ4n) is 2.61. The normalized spacial score (nSPS) is 14.4. The van der Waals surface area contributed by atoms with Crippen LogP contribution in [0, 0.1) is 5.92 Å². The van der Waals surface area contributed by atoms with E-state index in [0.717, 1.165) is 11.0 Å². The maximum atomic E-state index is 3.70. The molecule has 2 aromatic rings. The number of fused-ring (bicyclic) bond motifs is 1. The molecule has 0 fully saturated rings. The van der Waals surface area contributed by atoms with Crippen LogP contribution in [0.4, 0.5) is 0 Å². The molecule has 2 aromatic carbocycles. The molecule has 0 saturated heterocycles. The monoisotopic (exact) mass is 333 g/mol. The molecule has 20 heavy (non-hydrogen) atoms. The van der Waals surface area contributed by atoms with Gasteiger partial charge in [0.15, 0.2) is 0 Å². The molecule has 0 aliphatic carbocycles. The van der Waals surface area contributed by atoms with E-state index >= 15 is 0 Å². The van der Waals surface area contributed by atoms with Crippen LogP contribution in [0.25, 0.3) is 10.8 Å². The second kappa shape index (κ2) is 7.24. The largest absolute Gasteiger partial charge is 0.310 e. The van der Waals surface area contributed by atoms with Gasteiger partial charge in [-0.2, -0.15) is 0 Å². The minimum absolute atomic E-state index is 0.452. The van der Waals surface area contributed by atoms with E-state index in [1.165, 1.54) is 29.2 Å². The van der Waals surface area contributed by atoms with E-state index in [4.69, 9.17) is 0 Å². The van der Waals surface area contributed by atoms with E-state index in [-0.39, 0.29) is 0 Å². The number of hydrogen-bond acceptors (Lipinski definition) is 1. The summed E-state index contributed by atoms with van der Waals surface area (Å²) in [6.07, 6.45) is 2.37. The first kappa shape index (κ1) is 15.5. The third kappa shape index (κ3) is 3.62. The number of rotatable bonds is 6. The molecular formula is C18H24BrN.